The lowest BCUT2D eigenvalue weighted by Gasteiger charge is -2.38. The van der Waals surface area contributed by atoms with E-state index < -0.39 is 5.67 Å². The van der Waals surface area contributed by atoms with Crippen LogP contribution in [-0.2, 0) is 4.74 Å². The molecule has 3 heteroatoms. The quantitative estimate of drug-likeness (QED) is 0.842. The molecule has 2 rings (SSSR count). The van der Waals surface area contributed by atoms with E-state index in [2.05, 4.69) is 19.2 Å². The lowest BCUT2D eigenvalue weighted by atomic mass is 9.73. The van der Waals surface area contributed by atoms with Gasteiger partial charge in [0.05, 0.1) is 11.2 Å². The normalized spacial score (nSPS) is 36.9. The lowest BCUT2D eigenvalue weighted by molar-refractivity contribution is -0.0940. The number of hydrogen-bond acceptors (Lipinski definition) is 2. The average molecular weight is 271 g/mol. The van der Waals surface area contributed by atoms with Crippen molar-refractivity contribution in [2.24, 2.45) is 5.92 Å². The number of nitrogens with one attached hydrogen (secondary N) is 1. The summed E-state index contributed by atoms with van der Waals surface area (Å²) in [5.41, 5.74) is -1.74. The van der Waals surface area contributed by atoms with Gasteiger partial charge in [0.1, 0.15) is 5.67 Å². The molecule has 1 N–H and O–H groups in total. The van der Waals surface area contributed by atoms with E-state index in [9.17, 15) is 0 Å². The summed E-state index contributed by atoms with van der Waals surface area (Å²) in [5.74, 6) is -0.0290. The van der Waals surface area contributed by atoms with E-state index in [-0.39, 0.29) is 17.1 Å². The minimum atomic E-state index is -1.16. The number of hydrogen-bond donors (Lipinski definition) is 1. The monoisotopic (exact) mass is 271 g/mol. The molecule has 3 unspecified atom stereocenters. The molecule has 0 bridgehead atoms. The Balaban J connectivity index is 2.05. The van der Waals surface area contributed by atoms with Gasteiger partial charge in [-0.3, -0.25) is 0 Å². The molecule has 2 aliphatic rings. The molecule has 0 spiro atoms. The summed E-state index contributed by atoms with van der Waals surface area (Å²) < 4.78 is 21.4. The molecule has 0 radical (unpaired) electrons. The maximum absolute atomic E-state index is 15.3. The summed E-state index contributed by atoms with van der Waals surface area (Å²) in [4.78, 5) is 0. The summed E-state index contributed by atoms with van der Waals surface area (Å²) in [5, 5.41) is 3.47. The van der Waals surface area contributed by atoms with E-state index in [0.29, 0.717) is 12.5 Å². The highest BCUT2D eigenvalue weighted by Gasteiger charge is 2.54. The second-order valence-electron chi connectivity index (χ2n) is 7.85. The topological polar surface area (TPSA) is 21.3 Å². The van der Waals surface area contributed by atoms with Crippen LogP contribution < -0.4 is 5.32 Å². The molecule has 19 heavy (non-hydrogen) atoms. The third-order valence-corrected chi connectivity index (χ3v) is 4.86. The lowest BCUT2D eigenvalue weighted by Crippen LogP contribution is -2.47. The van der Waals surface area contributed by atoms with E-state index in [1.165, 1.54) is 12.8 Å². The second-order valence-corrected chi connectivity index (χ2v) is 7.85. The fraction of sp³-hybridized carbons (Fsp3) is 1.00. The van der Waals surface area contributed by atoms with Crippen molar-refractivity contribution in [1.82, 2.24) is 5.32 Å². The van der Waals surface area contributed by atoms with Crippen molar-refractivity contribution in [2.45, 2.75) is 89.6 Å². The first kappa shape index (κ1) is 15.2. The SMILES string of the molecule is CC1(C)CC(C(C)(F)CC2CCCCN2)C(C)(C)O1. The number of alkyl halides is 1. The smallest absolute Gasteiger partial charge is 0.115 e. The van der Waals surface area contributed by atoms with Crippen molar-refractivity contribution in [2.75, 3.05) is 6.54 Å². The minimum Gasteiger partial charge on any atom is -0.369 e. The van der Waals surface area contributed by atoms with Gasteiger partial charge in [0.15, 0.2) is 0 Å². The van der Waals surface area contributed by atoms with Crippen molar-refractivity contribution in [1.29, 1.82) is 0 Å². The van der Waals surface area contributed by atoms with Crippen molar-refractivity contribution in [3.05, 3.63) is 0 Å². The van der Waals surface area contributed by atoms with Crippen molar-refractivity contribution < 1.29 is 9.13 Å². The van der Waals surface area contributed by atoms with Gasteiger partial charge < -0.3 is 10.1 Å². The summed E-state index contributed by atoms with van der Waals surface area (Å²) in [6.45, 7) is 11.0. The van der Waals surface area contributed by atoms with Crippen LogP contribution in [0.3, 0.4) is 0 Å². The van der Waals surface area contributed by atoms with Crippen LogP contribution in [0.4, 0.5) is 4.39 Å². The molecule has 112 valence electrons. The van der Waals surface area contributed by atoms with Crippen LogP contribution in [0.5, 0.6) is 0 Å². The maximum Gasteiger partial charge on any atom is 0.115 e. The average Bonchev–Trinajstić information content (AvgIpc) is 2.48. The van der Waals surface area contributed by atoms with Gasteiger partial charge in [-0.2, -0.15) is 0 Å². The molecule has 0 amide bonds. The van der Waals surface area contributed by atoms with Gasteiger partial charge in [-0.1, -0.05) is 6.42 Å². The molecule has 0 aromatic rings. The highest BCUT2D eigenvalue weighted by Crippen LogP contribution is 2.49. The van der Waals surface area contributed by atoms with Gasteiger partial charge in [0.2, 0.25) is 0 Å². The largest absolute Gasteiger partial charge is 0.369 e. The van der Waals surface area contributed by atoms with Gasteiger partial charge in [-0.05, 0) is 66.8 Å². The van der Waals surface area contributed by atoms with Crippen molar-refractivity contribution >= 4 is 0 Å². The Morgan fingerprint density at radius 2 is 1.95 bits per heavy atom. The molecule has 0 aromatic heterocycles. The second kappa shape index (κ2) is 5.00. The van der Waals surface area contributed by atoms with Gasteiger partial charge in [-0.15, -0.1) is 0 Å². The molecule has 0 saturated carbocycles. The molecular weight excluding hydrogens is 241 g/mol. The van der Waals surface area contributed by atoms with E-state index in [1.807, 2.05) is 13.8 Å². The number of halogens is 1. The van der Waals surface area contributed by atoms with Crippen LogP contribution in [0.1, 0.15) is 66.7 Å². The zero-order chi connectivity index (χ0) is 14.3. The Kier molecular flexibility index (Phi) is 4.01. The van der Waals surface area contributed by atoms with Crippen LogP contribution in [0.2, 0.25) is 0 Å². The Hall–Kier alpha value is -0.150. The highest BCUT2D eigenvalue weighted by molar-refractivity contribution is 5.03. The molecule has 2 fully saturated rings. The summed E-state index contributed by atoms with van der Waals surface area (Å²) >= 11 is 0. The number of ether oxygens (including phenoxy) is 1. The Morgan fingerprint density at radius 3 is 2.42 bits per heavy atom. The van der Waals surface area contributed by atoms with Crippen LogP contribution in [-0.4, -0.2) is 29.5 Å². The number of piperidine rings is 1. The van der Waals surface area contributed by atoms with Crippen molar-refractivity contribution in [3.63, 3.8) is 0 Å². The third kappa shape index (κ3) is 3.49. The maximum atomic E-state index is 15.3. The predicted molar refractivity (Wildman–Crippen MR) is 77.1 cm³/mol. The molecular formula is C16H30FNO. The van der Waals surface area contributed by atoms with Crippen LogP contribution >= 0.6 is 0 Å². The van der Waals surface area contributed by atoms with Gasteiger partial charge >= 0.3 is 0 Å². The van der Waals surface area contributed by atoms with E-state index in [1.54, 1.807) is 6.92 Å². The zero-order valence-corrected chi connectivity index (χ0v) is 13.2. The first-order chi connectivity index (χ1) is 8.62. The summed E-state index contributed by atoms with van der Waals surface area (Å²) in [7, 11) is 0. The summed E-state index contributed by atoms with van der Waals surface area (Å²) in [6, 6.07) is 0.336. The first-order valence-electron chi connectivity index (χ1n) is 7.75. The third-order valence-electron chi connectivity index (χ3n) is 4.86. The Bertz CT molecular complexity index is 319. The fourth-order valence-electron chi connectivity index (χ4n) is 4.22. The predicted octanol–water partition coefficient (Wildman–Crippen LogP) is 3.84. The molecule has 2 saturated heterocycles. The molecule has 2 nitrogen and oxygen atoms in total. The van der Waals surface area contributed by atoms with Crippen molar-refractivity contribution in [3.8, 4) is 0 Å². The van der Waals surface area contributed by atoms with Crippen LogP contribution in [0, 0.1) is 5.92 Å². The molecule has 0 aliphatic carbocycles. The molecule has 0 aromatic carbocycles. The molecule has 2 heterocycles. The van der Waals surface area contributed by atoms with Gasteiger partial charge in [0.25, 0.3) is 0 Å². The standard InChI is InChI=1S/C16H30FNO/c1-14(2)11-13(15(3,4)19-14)16(5,17)10-12-8-6-7-9-18-12/h12-13,18H,6-11H2,1-5H3. The Morgan fingerprint density at radius 1 is 1.26 bits per heavy atom. The van der Waals surface area contributed by atoms with E-state index >= 15 is 4.39 Å². The highest BCUT2D eigenvalue weighted by atomic mass is 19.1. The number of rotatable bonds is 3. The van der Waals surface area contributed by atoms with E-state index in [0.717, 1.165) is 19.4 Å². The molecule has 3 atom stereocenters. The van der Waals surface area contributed by atoms with Gasteiger partial charge in [-0.25, -0.2) is 4.39 Å². The first-order valence-corrected chi connectivity index (χ1v) is 7.75. The summed E-state index contributed by atoms with van der Waals surface area (Å²) in [6.07, 6.45) is 4.98. The minimum absolute atomic E-state index is 0.0290. The Labute approximate surface area is 117 Å². The van der Waals surface area contributed by atoms with Gasteiger partial charge in [0, 0.05) is 12.0 Å². The fourth-order valence-corrected chi connectivity index (χ4v) is 4.22. The van der Waals surface area contributed by atoms with Crippen LogP contribution in [0.15, 0.2) is 0 Å². The van der Waals surface area contributed by atoms with Crippen LogP contribution in [0.25, 0.3) is 0 Å². The zero-order valence-electron chi connectivity index (χ0n) is 13.2. The molecule has 2 aliphatic heterocycles. The van der Waals surface area contributed by atoms with E-state index in [4.69, 9.17) is 4.74 Å².